The number of fused-ring (bicyclic) bond motifs is 2. The zero-order valence-corrected chi connectivity index (χ0v) is 18.2. The van der Waals surface area contributed by atoms with Gasteiger partial charge in [0.05, 0.1) is 16.6 Å². The third kappa shape index (κ3) is 3.74. The summed E-state index contributed by atoms with van der Waals surface area (Å²) < 4.78 is 0. The van der Waals surface area contributed by atoms with E-state index in [0.29, 0.717) is 33.8 Å². The Kier molecular flexibility index (Phi) is 5.06. The molecular formula is C23H23ClN6O. The molecule has 1 saturated heterocycles. The number of likely N-dealkylation sites (tertiary alicyclic amines) is 1. The first-order valence-corrected chi connectivity index (χ1v) is 10.8. The Morgan fingerprint density at radius 3 is 2.55 bits per heavy atom. The molecule has 1 aliphatic carbocycles. The second-order valence-corrected chi connectivity index (χ2v) is 8.84. The number of amides is 1. The molecule has 0 spiro atoms. The van der Waals surface area contributed by atoms with Crippen LogP contribution in [0.3, 0.4) is 0 Å². The first kappa shape index (κ1) is 19.9. The van der Waals surface area contributed by atoms with Crippen LogP contribution >= 0.6 is 11.6 Å². The smallest absolute Gasteiger partial charge is 0.256 e. The summed E-state index contributed by atoms with van der Waals surface area (Å²) in [7, 11) is 0. The number of aryl methyl sites for hydroxylation is 2. The molecule has 0 aromatic carbocycles. The summed E-state index contributed by atoms with van der Waals surface area (Å²) in [5, 5.41) is 4.09. The van der Waals surface area contributed by atoms with E-state index in [1.54, 1.807) is 30.9 Å². The van der Waals surface area contributed by atoms with Gasteiger partial charge in [0.2, 0.25) is 0 Å². The van der Waals surface area contributed by atoms with Gasteiger partial charge in [-0.1, -0.05) is 11.6 Å². The highest BCUT2D eigenvalue weighted by molar-refractivity contribution is 6.33. The number of aromatic nitrogens is 4. The van der Waals surface area contributed by atoms with Gasteiger partial charge >= 0.3 is 0 Å². The molecule has 1 saturated carbocycles. The van der Waals surface area contributed by atoms with E-state index in [4.69, 9.17) is 11.6 Å². The van der Waals surface area contributed by atoms with E-state index >= 15 is 0 Å². The number of rotatable bonds is 4. The molecule has 7 nitrogen and oxygen atoms in total. The summed E-state index contributed by atoms with van der Waals surface area (Å²) >= 11 is 6.38. The third-order valence-electron chi connectivity index (χ3n) is 6.08. The first-order valence-electron chi connectivity index (χ1n) is 10.4. The molecular weight excluding hydrogens is 412 g/mol. The fourth-order valence-electron chi connectivity index (χ4n) is 4.72. The fraction of sp³-hybridized carbons (Fsp3) is 0.348. The lowest BCUT2D eigenvalue weighted by atomic mass is 10.0. The van der Waals surface area contributed by atoms with Gasteiger partial charge in [-0.05, 0) is 61.9 Å². The molecule has 1 amide bonds. The van der Waals surface area contributed by atoms with Crippen LogP contribution in [0.5, 0.6) is 0 Å². The Morgan fingerprint density at radius 2 is 1.81 bits per heavy atom. The molecule has 2 fully saturated rings. The minimum atomic E-state index is -0.0272. The molecule has 158 valence electrons. The number of piperidine rings is 1. The number of nitrogens with one attached hydrogen (secondary N) is 1. The van der Waals surface area contributed by atoms with Crippen molar-refractivity contribution in [1.82, 2.24) is 24.8 Å². The van der Waals surface area contributed by atoms with Gasteiger partial charge in [-0.15, -0.1) is 0 Å². The molecule has 8 heteroatoms. The van der Waals surface area contributed by atoms with Crippen molar-refractivity contribution in [3.8, 4) is 11.5 Å². The highest BCUT2D eigenvalue weighted by atomic mass is 35.5. The molecule has 3 aromatic rings. The fourth-order valence-corrected chi connectivity index (χ4v) is 4.99. The monoisotopic (exact) mass is 434 g/mol. The lowest BCUT2D eigenvalue weighted by Crippen LogP contribution is -2.48. The van der Waals surface area contributed by atoms with Crippen LogP contribution in [0, 0.1) is 19.8 Å². The van der Waals surface area contributed by atoms with E-state index in [9.17, 15) is 4.79 Å². The molecule has 4 heterocycles. The normalized spacial score (nSPS) is 22.0. The van der Waals surface area contributed by atoms with Crippen LogP contribution in [-0.4, -0.2) is 49.4 Å². The molecule has 1 aliphatic heterocycles. The quantitative estimate of drug-likeness (QED) is 0.670. The standard InChI is InChI=1S/C23H23ClN6O/c1-13-6-16(20(27-10-13)22-25-4-3-5-26-22)23(31)30-12-15-8-18(19(30)9-15)29-21-17(24)7-14(2)11-28-21/h3-7,10-11,15,18-19H,8-9,12H2,1-2H3,(H,28,29). The van der Waals surface area contributed by atoms with Gasteiger partial charge in [-0.25, -0.2) is 15.0 Å². The second-order valence-electron chi connectivity index (χ2n) is 8.44. The minimum Gasteiger partial charge on any atom is -0.364 e. The predicted octanol–water partition coefficient (Wildman–Crippen LogP) is 3.92. The molecule has 31 heavy (non-hydrogen) atoms. The van der Waals surface area contributed by atoms with Gasteiger partial charge in [0.1, 0.15) is 11.5 Å². The molecule has 3 atom stereocenters. The topological polar surface area (TPSA) is 83.9 Å². The lowest BCUT2D eigenvalue weighted by Gasteiger charge is -2.34. The van der Waals surface area contributed by atoms with Crippen molar-refractivity contribution >= 4 is 23.3 Å². The summed E-state index contributed by atoms with van der Waals surface area (Å²) in [4.78, 5) is 33.2. The first-order chi connectivity index (χ1) is 15.0. The maximum absolute atomic E-state index is 13.7. The highest BCUT2D eigenvalue weighted by Crippen LogP contribution is 2.41. The maximum atomic E-state index is 13.7. The molecule has 2 aliphatic rings. The number of carbonyl (C=O) groups excluding carboxylic acids is 1. The van der Waals surface area contributed by atoms with Crippen LogP contribution in [-0.2, 0) is 0 Å². The molecule has 2 bridgehead atoms. The number of anilines is 1. The van der Waals surface area contributed by atoms with E-state index < -0.39 is 0 Å². The number of hydrogen-bond acceptors (Lipinski definition) is 6. The average molecular weight is 435 g/mol. The van der Waals surface area contributed by atoms with Gasteiger partial charge in [0.25, 0.3) is 5.91 Å². The Hall–Kier alpha value is -3.06. The van der Waals surface area contributed by atoms with E-state index in [-0.39, 0.29) is 18.0 Å². The largest absolute Gasteiger partial charge is 0.364 e. The third-order valence-corrected chi connectivity index (χ3v) is 6.36. The number of carbonyl (C=O) groups is 1. The SMILES string of the molecule is Cc1cnc(NC2CC3CC2N(C(=O)c2cc(C)cnc2-c2ncccn2)C3)c(Cl)c1. The van der Waals surface area contributed by atoms with Crippen molar-refractivity contribution in [2.24, 2.45) is 5.92 Å². The van der Waals surface area contributed by atoms with Crippen LogP contribution in [0.25, 0.3) is 11.5 Å². The Bertz CT molecular complexity index is 1140. The van der Waals surface area contributed by atoms with Crippen LogP contribution in [0.1, 0.15) is 34.3 Å². The second kappa shape index (κ2) is 7.89. The lowest BCUT2D eigenvalue weighted by molar-refractivity contribution is 0.0692. The van der Waals surface area contributed by atoms with Gasteiger partial charge < -0.3 is 10.2 Å². The van der Waals surface area contributed by atoms with E-state index in [0.717, 1.165) is 30.5 Å². The van der Waals surface area contributed by atoms with Crippen molar-refractivity contribution in [3.63, 3.8) is 0 Å². The predicted molar refractivity (Wildman–Crippen MR) is 119 cm³/mol. The highest BCUT2D eigenvalue weighted by Gasteiger charge is 2.47. The summed E-state index contributed by atoms with van der Waals surface area (Å²) in [5.74, 6) is 1.57. The zero-order chi connectivity index (χ0) is 21.5. The molecule has 3 aromatic heterocycles. The van der Waals surface area contributed by atoms with Gasteiger partial charge in [0.15, 0.2) is 5.82 Å². The molecule has 0 radical (unpaired) electrons. The van der Waals surface area contributed by atoms with Crippen LogP contribution < -0.4 is 5.32 Å². The molecule has 3 unspecified atom stereocenters. The van der Waals surface area contributed by atoms with Gasteiger partial charge in [-0.2, -0.15) is 0 Å². The van der Waals surface area contributed by atoms with Gasteiger partial charge in [0, 0.05) is 37.4 Å². The van der Waals surface area contributed by atoms with E-state index in [2.05, 4.69) is 25.3 Å². The van der Waals surface area contributed by atoms with E-state index in [1.807, 2.05) is 30.9 Å². The number of halogens is 1. The zero-order valence-electron chi connectivity index (χ0n) is 17.4. The Balaban J connectivity index is 1.43. The Labute approximate surface area is 185 Å². The van der Waals surface area contributed by atoms with Gasteiger partial charge in [-0.3, -0.25) is 9.78 Å². The van der Waals surface area contributed by atoms with Crippen molar-refractivity contribution < 1.29 is 4.79 Å². The van der Waals surface area contributed by atoms with Crippen LogP contribution in [0.4, 0.5) is 5.82 Å². The summed E-state index contributed by atoms with van der Waals surface area (Å²) in [5.41, 5.74) is 3.01. The maximum Gasteiger partial charge on any atom is 0.256 e. The van der Waals surface area contributed by atoms with Crippen LogP contribution in [0.2, 0.25) is 5.02 Å². The number of nitrogens with zero attached hydrogens (tertiary/aromatic N) is 5. The van der Waals surface area contributed by atoms with Crippen LogP contribution in [0.15, 0.2) is 43.0 Å². The summed E-state index contributed by atoms with van der Waals surface area (Å²) in [6, 6.07) is 5.73. The number of hydrogen-bond donors (Lipinski definition) is 1. The summed E-state index contributed by atoms with van der Waals surface area (Å²) in [6.07, 6.45) is 8.84. The average Bonchev–Trinajstić information content (AvgIpc) is 3.36. The van der Waals surface area contributed by atoms with Crippen molar-refractivity contribution in [2.45, 2.75) is 38.8 Å². The molecule has 5 rings (SSSR count). The summed E-state index contributed by atoms with van der Waals surface area (Å²) in [6.45, 7) is 4.65. The van der Waals surface area contributed by atoms with Crippen molar-refractivity contribution in [3.05, 3.63) is 64.7 Å². The van der Waals surface area contributed by atoms with Crippen molar-refractivity contribution in [1.29, 1.82) is 0 Å². The Morgan fingerprint density at radius 1 is 1.06 bits per heavy atom. The number of pyridine rings is 2. The van der Waals surface area contributed by atoms with Crippen molar-refractivity contribution in [2.75, 3.05) is 11.9 Å². The minimum absolute atomic E-state index is 0.0272. The van der Waals surface area contributed by atoms with E-state index in [1.165, 1.54) is 0 Å². The molecule has 1 N–H and O–H groups in total.